The van der Waals surface area contributed by atoms with Crippen molar-refractivity contribution in [3.05, 3.63) is 41.7 Å². The van der Waals surface area contributed by atoms with Crippen LogP contribution in [0.3, 0.4) is 0 Å². The SMILES string of the molecule is Nc1nc(CSc2n[nH]c(CCC3CCCC3)n2)nc(Nc2ccc(F)cc2)n1. The topological polar surface area (TPSA) is 118 Å². The Balaban J connectivity index is 1.33. The summed E-state index contributed by atoms with van der Waals surface area (Å²) in [5, 5.41) is 11.0. The van der Waals surface area contributed by atoms with Gasteiger partial charge in [-0.1, -0.05) is 37.4 Å². The predicted octanol–water partition coefficient (Wildman–Crippen LogP) is 3.87. The maximum atomic E-state index is 13.0. The Morgan fingerprint density at radius 2 is 1.90 bits per heavy atom. The summed E-state index contributed by atoms with van der Waals surface area (Å²) in [6.07, 6.45) is 7.49. The van der Waals surface area contributed by atoms with Crippen LogP contribution in [0.2, 0.25) is 0 Å². The van der Waals surface area contributed by atoms with Crippen LogP contribution >= 0.6 is 11.8 Å². The maximum absolute atomic E-state index is 13.0. The highest BCUT2D eigenvalue weighted by Gasteiger charge is 2.16. The third kappa shape index (κ3) is 5.63. The molecule has 8 nitrogen and oxygen atoms in total. The van der Waals surface area contributed by atoms with Gasteiger partial charge in [-0.2, -0.15) is 15.0 Å². The maximum Gasteiger partial charge on any atom is 0.232 e. The number of thioether (sulfide) groups is 1. The zero-order chi connectivity index (χ0) is 20.1. The Kier molecular flexibility index (Phi) is 6.18. The second kappa shape index (κ2) is 9.17. The molecule has 1 saturated carbocycles. The van der Waals surface area contributed by atoms with Gasteiger partial charge in [-0.25, -0.2) is 9.37 Å². The molecule has 0 bridgehead atoms. The number of nitrogens with one attached hydrogen (secondary N) is 2. The molecule has 2 heterocycles. The molecule has 0 spiro atoms. The zero-order valence-electron chi connectivity index (χ0n) is 15.9. The van der Waals surface area contributed by atoms with E-state index in [1.54, 1.807) is 12.1 Å². The van der Waals surface area contributed by atoms with E-state index in [4.69, 9.17) is 5.73 Å². The lowest BCUT2D eigenvalue weighted by molar-refractivity contribution is 0.497. The molecule has 0 radical (unpaired) electrons. The Hall–Kier alpha value is -2.75. The van der Waals surface area contributed by atoms with Gasteiger partial charge in [0, 0.05) is 12.1 Å². The lowest BCUT2D eigenvalue weighted by Gasteiger charge is -2.07. The van der Waals surface area contributed by atoms with E-state index in [0.717, 1.165) is 18.2 Å². The lowest BCUT2D eigenvalue weighted by Crippen LogP contribution is -2.06. The number of aromatic nitrogens is 6. The van der Waals surface area contributed by atoms with Crippen LogP contribution in [0.5, 0.6) is 0 Å². The Morgan fingerprint density at radius 3 is 2.69 bits per heavy atom. The van der Waals surface area contributed by atoms with Gasteiger partial charge in [0.25, 0.3) is 0 Å². The summed E-state index contributed by atoms with van der Waals surface area (Å²) >= 11 is 1.44. The first-order chi connectivity index (χ1) is 14.1. The molecule has 0 atom stereocenters. The monoisotopic (exact) mass is 414 g/mol. The first-order valence-electron chi connectivity index (χ1n) is 9.71. The van der Waals surface area contributed by atoms with E-state index in [1.165, 1.54) is 56.0 Å². The fourth-order valence-corrected chi connectivity index (χ4v) is 4.12. The molecule has 10 heteroatoms. The van der Waals surface area contributed by atoms with Gasteiger partial charge in [-0.15, -0.1) is 5.10 Å². The van der Waals surface area contributed by atoms with Crippen LogP contribution in [0.15, 0.2) is 29.4 Å². The molecular formula is C19H23FN8S. The molecule has 4 N–H and O–H groups in total. The van der Waals surface area contributed by atoms with Crippen molar-refractivity contribution in [2.24, 2.45) is 5.92 Å². The minimum Gasteiger partial charge on any atom is -0.368 e. The number of H-pyrrole nitrogens is 1. The van der Waals surface area contributed by atoms with Crippen molar-refractivity contribution < 1.29 is 4.39 Å². The predicted molar refractivity (Wildman–Crippen MR) is 110 cm³/mol. The second-order valence-corrected chi connectivity index (χ2v) is 8.05. The van der Waals surface area contributed by atoms with Gasteiger partial charge in [-0.05, 0) is 36.6 Å². The van der Waals surface area contributed by atoms with E-state index in [0.29, 0.717) is 28.4 Å². The van der Waals surface area contributed by atoms with Gasteiger partial charge in [0.1, 0.15) is 17.5 Å². The minimum absolute atomic E-state index is 0.118. The smallest absolute Gasteiger partial charge is 0.232 e. The van der Waals surface area contributed by atoms with Gasteiger partial charge in [0.15, 0.2) is 0 Å². The Bertz CT molecular complexity index is 940. The highest BCUT2D eigenvalue weighted by atomic mass is 32.2. The summed E-state index contributed by atoms with van der Waals surface area (Å²) in [5.74, 6) is 2.86. The summed E-state index contributed by atoms with van der Waals surface area (Å²) in [6.45, 7) is 0. The number of nitrogens with two attached hydrogens (primary N) is 1. The number of halogens is 1. The number of benzene rings is 1. The van der Waals surface area contributed by atoms with Crippen LogP contribution in [-0.2, 0) is 12.2 Å². The number of nitrogens with zero attached hydrogens (tertiary/aromatic N) is 5. The number of aryl methyl sites for hydroxylation is 1. The molecule has 152 valence electrons. The van der Waals surface area contributed by atoms with Gasteiger partial charge in [0.05, 0.1) is 5.75 Å². The molecule has 4 rings (SSSR count). The molecule has 0 aliphatic heterocycles. The summed E-state index contributed by atoms with van der Waals surface area (Å²) in [6, 6.07) is 5.92. The normalized spacial score (nSPS) is 14.4. The Morgan fingerprint density at radius 1 is 1.10 bits per heavy atom. The van der Waals surface area contributed by atoms with Gasteiger partial charge >= 0.3 is 0 Å². The molecule has 0 saturated heterocycles. The molecule has 1 aliphatic carbocycles. The van der Waals surface area contributed by atoms with E-state index in [1.807, 2.05) is 0 Å². The minimum atomic E-state index is -0.308. The average molecular weight is 415 g/mol. The lowest BCUT2D eigenvalue weighted by atomic mass is 10.0. The number of aromatic amines is 1. The Labute approximate surface area is 172 Å². The van der Waals surface area contributed by atoms with Crippen LogP contribution in [0.25, 0.3) is 0 Å². The number of nitrogen functional groups attached to an aromatic ring is 1. The summed E-state index contributed by atoms with van der Waals surface area (Å²) in [5.41, 5.74) is 6.46. The largest absolute Gasteiger partial charge is 0.368 e. The fourth-order valence-electron chi connectivity index (χ4n) is 3.44. The van der Waals surface area contributed by atoms with E-state index in [-0.39, 0.29) is 11.8 Å². The third-order valence-corrected chi connectivity index (χ3v) is 5.75. The van der Waals surface area contributed by atoms with Gasteiger partial charge in [0.2, 0.25) is 17.1 Å². The summed E-state index contributed by atoms with van der Waals surface area (Å²) < 4.78 is 13.0. The van der Waals surface area contributed by atoms with Crippen molar-refractivity contribution in [2.45, 2.75) is 49.4 Å². The summed E-state index contributed by atoms with van der Waals surface area (Å²) in [7, 11) is 0. The van der Waals surface area contributed by atoms with E-state index in [2.05, 4.69) is 35.5 Å². The standard InChI is InChI=1S/C19H23FN8S/c20-13-6-8-14(9-7-13)22-18-24-16(23-17(21)26-18)11-29-19-25-15(27-28-19)10-5-12-3-1-2-4-12/h6-9,12H,1-5,10-11H2,(H,25,27,28)(H3,21,22,23,24,26). The van der Waals surface area contributed by atoms with Crippen LogP contribution in [0, 0.1) is 11.7 Å². The number of rotatable bonds is 8. The van der Waals surface area contributed by atoms with Crippen molar-refractivity contribution in [2.75, 3.05) is 11.1 Å². The van der Waals surface area contributed by atoms with Crippen molar-refractivity contribution >= 4 is 29.3 Å². The zero-order valence-corrected chi connectivity index (χ0v) is 16.8. The molecule has 3 aromatic rings. The molecule has 2 aromatic heterocycles. The van der Waals surface area contributed by atoms with E-state index in [9.17, 15) is 4.39 Å². The highest BCUT2D eigenvalue weighted by molar-refractivity contribution is 7.98. The third-order valence-electron chi connectivity index (χ3n) is 4.91. The van der Waals surface area contributed by atoms with Crippen molar-refractivity contribution in [3.8, 4) is 0 Å². The number of hydrogen-bond donors (Lipinski definition) is 3. The van der Waals surface area contributed by atoms with Crippen molar-refractivity contribution in [3.63, 3.8) is 0 Å². The molecule has 29 heavy (non-hydrogen) atoms. The fraction of sp³-hybridized carbons (Fsp3) is 0.421. The first-order valence-corrected chi connectivity index (χ1v) is 10.7. The van der Waals surface area contributed by atoms with E-state index >= 15 is 0 Å². The van der Waals surface area contributed by atoms with Crippen molar-refractivity contribution in [1.82, 2.24) is 30.1 Å². The van der Waals surface area contributed by atoms with Gasteiger partial charge in [-0.3, -0.25) is 5.10 Å². The first kappa shape index (κ1) is 19.6. The number of anilines is 3. The van der Waals surface area contributed by atoms with Crippen molar-refractivity contribution in [1.29, 1.82) is 0 Å². The highest BCUT2D eigenvalue weighted by Crippen LogP contribution is 2.28. The molecule has 0 amide bonds. The van der Waals surface area contributed by atoms with Gasteiger partial charge < -0.3 is 11.1 Å². The number of hydrogen-bond acceptors (Lipinski definition) is 8. The molecule has 1 aromatic carbocycles. The van der Waals surface area contributed by atoms with Crippen LogP contribution in [0.1, 0.15) is 43.8 Å². The quantitative estimate of drug-likeness (QED) is 0.475. The average Bonchev–Trinajstić information content (AvgIpc) is 3.38. The van der Waals surface area contributed by atoms with Crippen LogP contribution < -0.4 is 11.1 Å². The van der Waals surface area contributed by atoms with Crippen LogP contribution in [0.4, 0.5) is 22.0 Å². The molecule has 1 fully saturated rings. The second-order valence-electron chi connectivity index (χ2n) is 7.11. The molecular weight excluding hydrogens is 391 g/mol. The van der Waals surface area contributed by atoms with Crippen LogP contribution in [-0.4, -0.2) is 30.1 Å². The molecule has 0 unspecified atom stereocenters. The summed E-state index contributed by atoms with van der Waals surface area (Å²) in [4.78, 5) is 17.2. The molecule has 1 aliphatic rings. The van der Waals surface area contributed by atoms with E-state index < -0.39 is 0 Å².